The number of nitrogen functional groups attached to an aromatic ring is 1. The molecule has 9 nitrogen and oxygen atoms in total. The Kier molecular flexibility index (Phi) is 4.51. The molecule has 0 aromatic carbocycles. The third-order valence-electron chi connectivity index (χ3n) is 4.17. The van der Waals surface area contributed by atoms with Crippen molar-refractivity contribution in [3.05, 3.63) is 11.3 Å². The summed E-state index contributed by atoms with van der Waals surface area (Å²) in [6.07, 6.45) is -0.264. The fraction of sp³-hybridized carbons (Fsp3) is 0.625. The number of nitrogens with two attached hydrogens (primary N) is 1. The van der Waals surface area contributed by atoms with Gasteiger partial charge in [-0.05, 0) is 38.0 Å². The van der Waals surface area contributed by atoms with Gasteiger partial charge in [-0.1, -0.05) is 0 Å². The molecular weight excluding hydrogens is 324 g/mol. The van der Waals surface area contributed by atoms with E-state index in [1.807, 2.05) is 27.7 Å². The van der Waals surface area contributed by atoms with Crippen molar-refractivity contribution in [2.24, 2.45) is 0 Å². The molecule has 3 rings (SSSR count). The monoisotopic (exact) mass is 348 g/mol. The molecule has 1 saturated heterocycles. The standard InChI is InChI=1S/C16H24N6O3/c1-10-11(12(17)13-14(18-10)20-25-19-13)9-21-5-7-22(8-6-21)15(23)24-16(2,3)4/h5-9,17H2,1-4H3. The molecule has 2 aromatic rings. The highest BCUT2D eigenvalue weighted by atomic mass is 16.6. The lowest BCUT2D eigenvalue weighted by Crippen LogP contribution is -2.49. The minimum absolute atomic E-state index is 0.264. The van der Waals surface area contributed by atoms with Crippen molar-refractivity contribution in [2.75, 3.05) is 31.9 Å². The van der Waals surface area contributed by atoms with E-state index in [1.165, 1.54) is 0 Å². The Morgan fingerprint density at radius 2 is 1.92 bits per heavy atom. The zero-order valence-electron chi connectivity index (χ0n) is 15.1. The molecule has 1 aliphatic rings. The van der Waals surface area contributed by atoms with E-state index in [-0.39, 0.29) is 6.09 Å². The molecule has 0 unspecified atom stereocenters. The molecule has 0 saturated carbocycles. The third-order valence-corrected chi connectivity index (χ3v) is 4.17. The van der Waals surface area contributed by atoms with Gasteiger partial charge >= 0.3 is 6.09 Å². The van der Waals surface area contributed by atoms with Gasteiger partial charge < -0.3 is 15.4 Å². The normalized spacial score (nSPS) is 16.4. The largest absolute Gasteiger partial charge is 0.444 e. The maximum absolute atomic E-state index is 12.1. The van der Waals surface area contributed by atoms with Crippen LogP contribution in [0.2, 0.25) is 0 Å². The molecule has 3 heterocycles. The number of aryl methyl sites for hydroxylation is 1. The van der Waals surface area contributed by atoms with Gasteiger partial charge in [-0.3, -0.25) is 4.90 Å². The Labute approximate surface area is 146 Å². The highest BCUT2D eigenvalue weighted by Crippen LogP contribution is 2.25. The number of rotatable bonds is 2. The predicted octanol–water partition coefficient (Wildman–Crippen LogP) is 1.56. The van der Waals surface area contributed by atoms with Gasteiger partial charge in [0.15, 0.2) is 5.52 Å². The molecule has 1 aliphatic heterocycles. The summed E-state index contributed by atoms with van der Waals surface area (Å²) in [7, 11) is 0. The number of hydrogen-bond donors (Lipinski definition) is 1. The fourth-order valence-electron chi connectivity index (χ4n) is 2.83. The molecule has 1 amide bonds. The molecule has 0 radical (unpaired) electrons. The summed E-state index contributed by atoms with van der Waals surface area (Å²) in [6, 6.07) is 0. The van der Waals surface area contributed by atoms with Gasteiger partial charge in [-0.15, -0.1) is 0 Å². The first kappa shape index (κ1) is 17.4. The number of amides is 1. The molecule has 2 aromatic heterocycles. The number of piperazine rings is 1. The zero-order chi connectivity index (χ0) is 18.2. The van der Waals surface area contributed by atoms with Gasteiger partial charge in [0.05, 0.1) is 5.69 Å². The van der Waals surface area contributed by atoms with Crippen molar-refractivity contribution in [3.8, 4) is 0 Å². The van der Waals surface area contributed by atoms with E-state index in [1.54, 1.807) is 4.90 Å². The van der Waals surface area contributed by atoms with Gasteiger partial charge in [0.2, 0.25) is 5.65 Å². The van der Waals surface area contributed by atoms with E-state index < -0.39 is 5.60 Å². The van der Waals surface area contributed by atoms with Crippen molar-refractivity contribution in [2.45, 2.75) is 39.8 Å². The van der Waals surface area contributed by atoms with Gasteiger partial charge in [0.25, 0.3) is 0 Å². The summed E-state index contributed by atoms with van der Waals surface area (Å²) >= 11 is 0. The zero-order valence-corrected chi connectivity index (χ0v) is 15.1. The predicted molar refractivity (Wildman–Crippen MR) is 91.8 cm³/mol. The number of carbonyl (C=O) groups excluding carboxylic acids is 1. The molecule has 2 N–H and O–H groups in total. The Hall–Kier alpha value is -2.42. The maximum atomic E-state index is 12.1. The van der Waals surface area contributed by atoms with Gasteiger partial charge in [-0.2, -0.15) is 0 Å². The number of carbonyl (C=O) groups is 1. The van der Waals surface area contributed by atoms with Gasteiger partial charge in [-0.25, -0.2) is 14.4 Å². The first-order valence-electron chi connectivity index (χ1n) is 8.32. The average Bonchev–Trinajstić information content (AvgIpc) is 2.98. The molecule has 0 spiro atoms. The first-order chi connectivity index (χ1) is 11.7. The summed E-state index contributed by atoms with van der Waals surface area (Å²) in [6.45, 7) is 10.9. The van der Waals surface area contributed by atoms with Crippen LogP contribution in [0.1, 0.15) is 32.0 Å². The van der Waals surface area contributed by atoms with E-state index in [9.17, 15) is 4.79 Å². The van der Waals surface area contributed by atoms with E-state index >= 15 is 0 Å². The van der Waals surface area contributed by atoms with Crippen molar-refractivity contribution >= 4 is 22.9 Å². The van der Waals surface area contributed by atoms with Crippen LogP contribution in [0.15, 0.2) is 4.63 Å². The summed E-state index contributed by atoms with van der Waals surface area (Å²) in [5.74, 6) is 0. The van der Waals surface area contributed by atoms with E-state index in [0.29, 0.717) is 36.5 Å². The first-order valence-corrected chi connectivity index (χ1v) is 8.32. The quantitative estimate of drug-likeness (QED) is 0.870. The molecule has 136 valence electrons. The lowest BCUT2D eigenvalue weighted by molar-refractivity contribution is 0.0139. The highest BCUT2D eigenvalue weighted by molar-refractivity contribution is 5.85. The summed E-state index contributed by atoms with van der Waals surface area (Å²) < 4.78 is 10.1. The summed E-state index contributed by atoms with van der Waals surface area (Å²) in [4.78, 5) is 20.5. The van der Waals surface area contributed by atoms with Crippen LogP contribution < -0.4 is 5.73 Å². The lowest BCUT2D eigenvalue weighted by Gasteiger charge is -2.35. The maximum Gasteiger partial charge on any atom is 0.410 e. The van der Waals surface area contributed by atoms with Crippen molar-refractivity contribution < 1.29 is 14.2 Å². The molecule has 0 aliphatic carbocycles. The summed E-state index contributed by atoms with van der Waals surface area (Å²) in [5.41, 5.74) is 8.95. The minimum atomic E-state index is -0.480. The number of anilines is 1. The third kappa shape index (κ3) is 3.81. The smallest absolute Gasteiger partial charge is 0.410 e. The van der Waals surface area contributed by atoms with Gasteiger partial charge in [0, 0.05) is 44.0 Å². The van der Waals surface area contributed by atoms with Crippen LogP contribution in [0.3, 0.4) is 0 Å². The van der Waals surface area contributed by atoms with Crippen molar-refractivity contribution in [1.29, 1.82) is 0 Å². The SMILES string of the molecule is Cc1nc2nonc2c(N)c1CN1CCN(C(=O)OC(C)(C)C)CC1. The average molecular weight is 348 g/mol. The Morgan fingerprint density at radius 3 is 2.56 bits per heavy atom. The minimum Gasteiger partial charge on any atom is -0.444 e. The molecule has 0 bridgehead atoms. The molecule has 9 heteroatoms. The Bertz CT molecular complexity index is 774. The highest BCUT2D eigenvalue weighted by Gasteiger charge is 2.26. The van der Waals surface area contributed by atoms with Gasteiger partial charge in [0.1, 0.15) is 5.60 Å². The second-order valence-corrected chi connectivity index (χ2v) is 7.27. The topological polar surface area (TPSA) is 111 Å². The van der Waals surface area contributed by atoms with Crippen molar-refractivity contribution in [1.82, 2.24) is 25.1 Å². The van der Waals surface area contributed by atoms with Crippen LogP contribution >= 0.6 is 0 Å². The number of hydrogen-bond acceptors (Lipinski definition) is 8. The number of nitrogens with zero attached hydrogens (tertiary/aromatic N) is 5. The molecule has 1 fully saturated rings. The van der Waals surface area contributed by atoms with Crippen LogP contribution in [-0.2, 0) is 11.3 Å². The van der Waals surface area contributed by atoms with Crippen LogP contribution in [0.25, 0.3) is 11.2 Å². The van der Waals surface area contributed by atoms with Crippen LogP contribution in [0.5, 0.6) is 0 Å². The Morgan fingerprint density at radius 1 is 1.24 bits per heavy atom. The van der Waals surface area contributed by atoms with E-state index in [2.05, 4.69) is 20.2 Å². The van der Waals surface area contributed by atoms with Crippen LogP contribution in [-0.4, -0.2) is 63.0 Å². The van der Waals surface area contributed by atoms with E-state index in [0.717, 1.165) is 24.3 Å². The lowest BCUT2D eigenvalue weighted by atomic mass is 10.1. The van der Waals surface area contributed by atoms with Crippen LogP contribution in [0, 0.1) is 6.92 Å². The molecule has 25 heavy (non-hydrogen) atoms. The number of ether oxygens (including phenoxy) is 1. The second kappa shape index (κ2) is 6.47. The van der Waals surface area contributed by atoms with Crippen molar-refractivity contribution in [3.63, 3.8) is 0 Å². The Balaban J connectivity index is 1.64. The fourth-order valence-corrected chi connectivity index (χ4v) is 2.83. The van der Waals surface area contributed by atoms with Crippen LogP contribution in [0.4, 0.5) is 10.5 Å². The molecular formula is C16H24N6O3. The molecule has 0 atom stereocenters. The summed E-state index contributed by atoms with van der Waals surface area (Å²) in [5, 5.41) is 7.56. The number of fused-ring (bicyclic) bond motifs is 1. The number of aromatic nitrogens is 3. The second-order valence-electron chi connectivity index (χ2n) is 7.27. The number of pyridine rings is 1. The van der Waals surface area contributed by atoms with E-state index in [4.69, 9.17) is 15.1 Å².